The van der Waals surface area contributed by atoms with Gasteiger partial charge < -0.3 is 10.2 Å². The van der Waals surface area contributed by atoms with Gasteiger partial charge in [-0.1, -0.05) is 0 Å². The van der Waals surface area contributed by atoms with E-state index in [2.05, 4.69) is 20.4 Å². The lowest BCUT2D eigenvalue weighted by Gasteiger charge is -2.11. The Kier molecular flexibility index (Phi) is 4.57. The maximum absolute atomic E-state index is 12.0. The number of thiazole rings is 1. The van der Waals surface area contributed by atoms with Gasteiger partial charge in [-0.25, -0.2) is 9.97 Å². The molecule has 0 fully saturated rings. The van der Waals surface area contributed by atoms with E-state index in [4.69, 9.17) is 0 Å². The maximum Gasteiger partial charge on any atom is 0.253 e. The molecule has 8 heteroatoms. The smallest absolute Gasteiger partial charge is 0.253 e. The number of carbonyl (C=O) groups excluding carboxylic acids is 1. The van der Waals surface area contributed by atoms with Gasteiger partial charge in [-0.05, 0) is 12.1 Å². The molecule has 0 saturated heterocycles. The SMILES string of the molecule is CN(C)C(=O)c1ccnc(NCc2cnc(-c3cnn(C)c3)s2)c1. The second-order valence-corrected chi connectivity index (χ2v) is 6.63. The minimum absolute atomic E-state index is 0.0443. The lowest BCUT2D eigenvalue weighted by atomic mass is 10.2. The molecule has 0 aromatic carbocycles. The Morgan fingerprint density at radius 3 is 2.88 bits per heavy atom. The molecule has 0 aliphatic carbocycles. The van der Waals surface area contributed by atoms with Gasteiger partial charge in [-0.2, -0.15) is 5.10 Å². The Balaban J connectivity index is 1.67. The van der Waals surface area contributed by atoms with E-state index in [1.165, 1.54) is 0 Å². The predicted molar refractivity (Wildman–Crippen MR) is 93.9 cm³/mol. The summed E-state index contributed by atoms with van der Waals surface area (Å²) in [6.45, 7) is 0.602. The molecular weight excluding hydrogens is 324 g/mol. The van der Waals surface area contributed by atoms with Crippen LogP contribution in [0.25, 0.3) is 10.6 Å². The fourth-order valence-electron chi connectivity index (χ4n) is 2.15. The van der Waals surface area contributed by atoms with Crippen LogP contribution in [0.15, 0.2) is 36.9 Å². The van der Waals surface area contributed by atoms with Crippen molar-refractivity contribution < 1.29 is 4.79 Å². The summed E-state index contributed by atoms with van der Waals surface area (Å²) in [5.74, 6) is 0.621. The largest absolute Gasteiger partial charge is 0.365 e. The molecule has 0 bridgehead atoms. The van der Waals surface area contributed by atoms with E-state index in [-0.39, 0.29) is 5.91 Å². The van der Waals surface area contributed by atoms with E-state index in [9.17, 15) is 4.79 Å². The van der Waals surface area contributed by atoms with Crippen molar-refractivity contribution in [2.24, 2.45) is 7.05 Å². The van der Waals surface area contributed by atoms with Crippen LogP contribution in [0.2, 0.25) is 0 Å². The Bertz CT molecular complexity index is 854. The van der Waals surface area contributed by atoms with Gasteiger partial charge in [0.1, 0.15) is 10.8 Å². The van der Waals surface area contributed by atoms with Crippen LogP contribution in [0.5, 0.6) is 0 Å². The second kappa shape index (κ2) is 6.79. The zero-order valence-electron chi connectivity index (χ0n) is 13.7. The Hall–Kier alpha value is -2.74. The number of rotatable bonds is 5. The van der Waals surface area contributed by atoms with Gasteiger partial charge in [0.25, 0.3) is 5.91 Å². The average Bonchev–Trinajstić information content (AvgIpc) is 3.21. The Morgan fingerprint density at radius 2 is 2.17 bits per heavy atom. The van der Waals surface area contributed by atoms with Crippen LogP contribution in [-0.4, -0.2) is 44.7 Å². The minimum Gasteiger partial charge on any atom is -0.365 e. The number of amides is 1. The summed E-state index contributed by atoms with van der Waals surface area (Å²) in [7, 11) is 5.34. The normalized spacial score (nSPS) is 10.6. The topological polar surface area (TPSA) is 75.9 Å². The van der Waals surface area contributed by atoms with Gasteiger partial charge >= 0.3 is 0 Å². The van der Waals surface area contributed by atoms with Gasteiger partial charge in [0.15, 0.2) is 0 Å². The number of anilines is 1. The highest BCUT2D eigenvalue weighted by Crippen LogP contribution is 2.25. The van der Waals surface area contributed by atoms with Crippen molar-refractivity contribution in [3.63, 3.8) is 0 Å². The summed E-state index contributed by atoms with van der Waals surface area (Å²) in [6.07, 6.45) is 7.21. The fourth-order valence-corrected chi connectivity index (χ4v) is 2.98. The van der Waals surface area contributed by atoms with Gasteiger partial charge in [0, 0.05) is 55.7 Å². The van der Waals surface area contributed by atoms with E-state index in [0.29, 0.717) is 17.9 Å². The van der Waals surface area contributed by atoms with Crippen molar-refractivity contribution in [2.45, 2.75) is 6.54 Å². The molecule has 0 aliphatic heterocycles. The first kappa shape index (κ1) is 16.1. The number of nitrogens with one attached hydrogen (secondary N) is 1. The van der Waals surface area contributed by atoms with E-state index in [1.807, 2.05) is 19.4 Å². The highest BCUT2D eigenvalue weighted by atomic mass is 32.1. The molecule has 24 heavy (non-hydrogen) atoms. The summed E-state index contributed by atoms with van der Waals surface area (Å²) in [4.78, 5) is 23.3. The maximum atomic E-state index is 12.0. The van der Waals surface area contributed by atoms with Crippen LogP contribution in [0.1, 0.15) is 15.2 Å². The quantitative estimate of drug-likeness (QED) is 0.770. The summed E-state index contributed by atoms with van der Waals surface area (Å²) >= 11 is 1.60. The first-order valence-corrected chi connectivity index (χ1v) is 8.20. The van der Waals surface area contributed by atoms with Crippen molar-refractivity contribution in [1.82, 2.24) is 24.6 Å². The number of aromatic nitrogens is 4. The van der Waals surface area contributed by atoms with Crippen molar-refractivity contribution >= 4 is 23.1 Å². The number of aryl methyl sites for hydroxylation is 1. The molecule has 0 unspecified atom stereocenters. The van der Waals surface area contributed by atoms with E-state index in [0.717, 1.165) is 15.4 Å². The highest BCUT2D eigenvalue weighted by Gasteiger charge is 2.10. The van der Waals surface area contributed by atoms with Gasteiger partial charge in [-0.15, -0.1) is 11.3 Å². The molecule has 0 radical (unpaired) electrons. The number of carbonyl (C=O) groups is 1. The molecule has 3 heterocycles. The van der Waals surface area contributed by atoms with Gasteiger partial charge in [0.2, 0.25) is 0 Å². The average molecular weight is 342 g/mol. The monoisotopic (exact) mass is 342 g/mol. The zero-order chi connectivity index (χ0) is 17.1. The third kappa shape index (κ3) is 3.60. The number of pyridine rings is 1. The summed E-state index contributed by atoms with van der Waals surface area (Å²) in [6, 6.07) is 3.46. The highest BCUT2D eigenvalue weighted by molar-refractivity contribution is 7.15. The number of hydrogen-bond acceptors (Lipinski definition) is 6. The molecule has 0 atom stereocenters. The van der Waals surface area contributed by atoms with Crippen LogP contribution >= 0.6 is 11.3 Å². The van der Waals surface area contributed by atoms with Crippen LogP contribution < -0.4 is 5.32 Å². The van der Waals surface area contributed by atoms with Crippen LogP contribution in [-0.2, 0) is 13.6 Å². The zero-order valence-corrected chi connectivity index (χ0v) is 14.5. The van der Waals surface area contributed by atoms with Crippen molar-refractivity contribution in [2.75, 3.05) is 19.4 Å². The summed E-state index contributed by atoms with van der Waals surface area (Å²) in [5, 5.41) is 8.33. The summed E-state index contributed by atoms with van der Waals surface area (Å²) in [5.41, 5.74) is 1.61. The molecule has 1 N–H and O–H groups in total. The molecule has 0 saturated carbocycles. The van der Waals surface area contributed by atoms with Gasteiger partial charge in [-0.3, -0.25) is 9.48 Å². The predicted octanol–water partition coefficient (Wildman–Crippen LogP) is 2.25. The molecule has 3 aromatic heterocycles. The second-order valence-electron chi connectivity index (χ2n) is 5.52. The third-order valence-corrected chi connectivity index (χ3v) is 4.41. The first-order chi connectivity index (χ1) is 11.5. The molecule has 124 valence electrons. The lowest BCUT2D eigenvalue weighted by Crippen LogP contribution is -2.21. The van der Waals surface area contributed by atoms with Crippen molar-refractivity contribution in [3.05, 3.63) is 47.4 Å². The molecule has 7 nitrogen and oxygen atoms in total. The molecule has 0 spiro atoms. The van der Waals surface area contributed by atoms with Crippen molar-refractivity contribution in [1.29, 1.82) is 0 Å². The van der Waals surface area contributed by atoms with E-state index < -0.39 is 0 Å². The van der Waals surface area contributed by atoms with Crippen molar-refractivity contribution in [3.8, 4) is 10.6 Å². The number of nitrogens with zero attached hydrogens (tertiary/aromatic N) is 5. The Morgan fingerprint density at radius 1 is 1.33 bits per heavy atom. The molecule has 3 rings (SSSR count). The molecule has 3 aromatic rings. The number of hydrogen-bond donors (Lipinski definition) is 1. The van der Waals surface area contributed by atoms with Crippen LogP contribution in [0.4, 0.5) is 5.82 Å². The van der Waals surface area contributed by atoms with E-state index >= 15 is 0 Å². The Labute approximate surface area is 144 Å². The minimum atomic E-state index is -0.0443. The first-order valence-electron chi connectivity index (χ1n) is 7.38. The van der Waals surface area contributed by atoms with Gasteiger partial charge in [0.05, 0.1) is 12.7 Å². The molecule has 0 aliphatic rings. The van der Waals surface area contributed by atoms with Crippen LogP contribution in [0, 0.1) is 0 Å². The molecular formula is C16H18N6OS. The third-order valence-electron chi connectivity index (χ3n) is 3.36. The molecule has 1 amide bonds. The lowest BCUT2D eigenvalue weighted by molar-refractivity contribution is 0.0827. The van der Waals surface area contributed by atoms with E-state index in [1.54, 1.807) is 59.5 Å². The standard InChI is InChI=1S/C16H18N6OS/c1-21(2)16(23)11-4-5-17-14(6-11)18-8-13-9-19-15(24-13)12-7-20-22(3)10-12/h4-7,9-10H,8H2,1-3H3,(H,17,18). The van der Waals surface area contributed by atoms with Crippen LogP contribution in [0.3, 0.4) is 0 Å². The fraction of sp³-hybridized carbons (Fsp3) is 0.250. The summed E-state index contributed by atoms with van der Waals surface area (Å²) < 4.78 is 1.76.